The summed E-state index contributed by atoms with van der Waals surface area (Å²) in [5.74, 6) is 0.442. The van der Waals surface area contributed by atoms with E-state index in [1.54, 1.807) is 24.1 Å². The fraction of sp³-hybridized carbons (Fsp3) is 0.500. The number of likely N-dealkylation sites (tertiary alicyclic amines) is 1. The Balaban J connectivity index is 1.95. The maximum atomic E-state index is 12.9. The lowest BCUT2D eigenvalue weighted by Crippen LogP contribution is -2.60. The van der Waals surface area contributed by atoms with Crippen molar-refractivity contribution < 1.29 is 14.3 Å². The van der Waals surface area contributed by atoms with E-state index in [-0.39, 0.29) is 11.8 Å². The van der Waals surface area contributed by atoms with Gasteiger partial charge in [0.05, 0.1) is 12.7 Å². The van der Waals surface area contributed by atoms with Crippen LogP contribution in [0.2, 0.25) is 0 Å². The van der Waals surface area contributed by atoms with Gasteiger partial charge in [0.15, 0.2) is 0 Å². The SMILES string of the molecule is COc1ccccc1C(=O)N1CCCC12CCCNC2=O. The van der Waals surface area contributed by atoms with Crippen molar-refractivity contribution in [3.05, 3.63) is 29.8 Å². The smallest absolute Gasteiger partial charge is 0.258 e. The zero-order chi connectivity index (χ0) is 14.9. The molecule has 0 radical (unpaired) electrons. The molecule has 2 heterocycles. The van der Waals surface area contributed by atoms with E-state index in [1.807, 2.05) is 12.1 Å². The van der Waals surface area contributed by atoms with Crippen molar-refractivity contribution in [2.45, 2.75) is 31.2 Å². The second kappa shape index (κ2) is 5.39. The van der Waals surface area contributed by atoms with Gasteiger partial charge in [-0.3, -0.25) is 9.59 Å². The minimum absolute atomic E-state index is 0.00509. The van der Waals surface area contributed by atoms with Crippen LogP contribution in [-0.4, -0.2) is 42.5 Å². The molecule has 2 fully saturated rings. The van der Waals surface area contributed by atoms with Gasteiger partial charge in [-0.1, -0.05) is 12.1 Å². The first-order valence-electron chi connectivity index (χ1n) is 7.42. The summed E-state index contributed by atoms with van der Waals surface area (Å²) in [6, 6.07) is 7.19. The van der Waals surface area contributed by atoms with Crippen LogP contribution in [0.25, 0.3) is 0 Å². The van der Waals surface area contributed by atoms with Gasteiger partial charge in [0.2, 0.25) is 5.91 Å². The van der Waals surface area contributed by atoms with Crippen molar-refractivity contribution in [1.29, 1.82) is 0 Å². The van der Waals surface area contributed by atoms with Gasteiger partial charge < -0.3 is 15.0 Å². The lowest BCUT2D eigenvalue weighted by atomic mass is 9.86. The molecule has 1 unspecified atom stereocenters. The first-order chi connectivity index (χ1) is 10.2. The Labute approximate surface area is 124 Å². The predicted molar refractivity (Wildman–Crippen MR) is 78.2 cm³/mol. The molecule has 1 N–H and O–H groups in total. The third-order valence-corrected chi connectivity index (χ3v) is 4.55. The van der Waals surface area contributed by atoms with Gasteiger partial charge in [0, 0.05) is 13.1 Å². The van der Waals surface area contributed by atoms with Gasteiger partial charge >= 0.3 is 0 Å². The Morgan fingerprint density at radius 3 is 2.81 bits per heavy atom. The fourth-order valence-electron chi connectivity index (χ4n) is 3.50. The van der Waals surface area contributed by atoms with Crippen LogP contribution in [-0.2, 0) is 4.79 Å². The first-order valence-corrected chi connectivity index (χ1v) is 7.42. The Bertz CT molecular complexity index is 572. The zero-order valence-corrected chi connectivity index (χ0v) is 12.2. The third-order valence-electron chi connectivity index (χ3n) is 4.55. The number of nitrogens with zero attached hydrogens (tertiary/aromatic N) is 1. The fourth-order valence-corrected chi connectivity index (χ4v) is 3.50. The number of methoxy groups -OCH3 is 1. The molecule has 5 heteroatoms. The molecule has 5 nitrogen and oxygen atoms in total. The summed E-state index contributed by atoms with van der Waals surface area (Å²) in [6.07, 6.45) is 3.29. The van der Waals surface area contributed by atoms with E-state index in [2.05, 4.69) is 5.32 Å². The van der Waals surface area contributed by atoms with Crippen LogP contribution in [0.3, 0.4) is 0 Å². The van der Waals surface area contributed by atoms with E-state index in [0.717, 1.165) is 25.7 Å². The van der Waals surface area contributed by atoms with Gasteiger partial charge in [0.25, 0.3) is 5.91 Å². The molecule has 21 heavy (non-hydrogen) atoms. The molecule has 1 aromatic carbocycles. The zero-order valence-electron chi connectivity index (χ0n) is 12.2. The lowest BCUT2D eigenvalue weighted by Gasteiger charge is -2.40. The van der Waals surface area contributed by atoms with Gasteiger partial charge in [-0.05, 0) is 37.8 Å². The van der Waals surface area contributed by atoms with Gasteiger partial charge in [0.1, 0.15) is 11.3 Å². The minimum Gasteiger partial charge on any atom is -0.496 e. The molecule has 0 aliphatic carbocycles. The number of piperidine rings is 1. The van der Waals surface area contributed by atoms with E-state index in [9.17, 15) is 9.59 Å². The van der Waals surface area contributed by atoms with E-state index in [0.29, 0.717) is 24.4 Å². The number of benzene rings is 1. The van der Waals surface area contributed by atoms with E-state index in [4.69, 9.17) is 4.74 Å². The van der Waals surface area contributed by atoms with Crippen LogP contribution >= 0.6 is 0 Å². The van der Waals surface area contributed by atoms with Crippen LogP contribution in [0.1, 0.15) is 36.0 Å². The molecule has 1 aromatic rings. The minimum atomic E-state index is -0.657. The standard InChI is InChI=1S/C16H20N2O3/c1-21-13-7-3-2-6-12(13)14(19)18-11-5-9-16(18)8-4-10-17-15(16)20/h2-3,6-7H,4-5,8-11H2,1H3,(H,17,20). The molecule has 1 atom stereocenters. The molecule has 3 rings (SSSR count). The van der Waals surface area contributed by atoms with Crippen LogP contribution in [0.5, 0.6) is 5.75 Å². The highest BCUT2D eigenvalue weighted by atomic mass is 16.5. The molecule has 112 valence electrons. The third kappa shape index (κ3) is 2.17. The number of hydrogen-bond acceptors (Lipinski definition) is 3. The summed E-state index contributed by atoms with van der Waals surface area (Å²) in [6.45, 7) is 1.33. The molecular weight excluding hydrogens is 268 g/mol. The van der Waals surface area contributed by atoms with Crippen LogP contribution in [0.15, 0.2) is 24.3 Å². The van der Waals surface area contributed by atoms with Crippen LogP contribution in [0, 0.1) is 0 Å². The van der Waals surface area contributed by atoms with Crippen molar-refractivity contribution in [2.75, 3.05) is 20.2 Å². The highest BCUT2D eigenvalue weighted by Gasteiger charge is 2.50. The second-order valence-corrected chi connectivity index (χ2v) is 5.65. The van der Waals surface area contributed by atoms with E-state index in [1.165, 1.54) is 0 Å². The van der Waals surface area contributed by atoms with Crippen LogP contribution in [0.4, 0.5) is 0 Å². The maximum Gasteiger partial charge on any atom is 0.258 e. The number of carbonyl (C=O) groups is 2. The summed E-state index contributed by atoms with van der Waals surface area (Å²) in [7, 11) is 1.55. The lowest BCUT2D eigenvalue weighted by molar-refractivity contribution is -0.133. The molecule has 0 aromatic heterocycles. The highest BCUT2D eigenvalue weighted by Crippen LogP contribution is 2.37. The topological polar surface area (TPSA) is 58.6 Å². The van der Waals surface area contributed by atoms with Gasteiger partial charge in [-0.15, -0.1) is 0 Å². The second-order valence-electron chi connectivity index (χ2n) is 5.65. The average Bonchev–Trinajstić information content (AvgIpc) is 2.94. The summed E-state index contributed by atoms with van der Waals surface area (Å²) in [5.41, 5.74) is -0.129. The summed E-state index contributed by atoms with van der Waals surface area (Å²) in [4.78, 5) is 27.0. The largest absolute Gasteiger partial charge is 0.496 e. The van der Waals surface area contributed by atoms with Crippen molar-refractivity contribution in [1.82, 2.24) is 10.2 Å². The summed E-state index contributed by atoms with van der Waals surface area (Å²) >= 11 is 0. The van der Waals surface area contributed by atoms with Gasteiger partial charge in [-0.25, -0.2) is 0 Å². The van der Waals surface area contributed by atoms with Crippen molar-refractivity contribution in [3.8, 4) is 5.75 Å². The molecule has 2 aliphatic rings. The summed E-state index contributed by atoms with van der Waals surface area (Å²) in [5, 5.41) is 2.92. The molecule has 2 amide bonds. The molecule has 0 saturated carbocycles. The monoisotopic (exact) mass is 288 g/mol. The van der Waals surface area contributed by atoms with Crippen molar-refractivity contribution in [2.24, 2.45) is 0 Å². The number of hydrogen-bond donors (Lipinski definition) is 1. The molecule has 0 bridgehead atoms. The number of amides is 2. The number of para-hydroxylation sites is 1. The first kappa shape index (κ1) is 13.9. The number of ether oxygens (including phenoxy) is 1. The van der Waals surface area contributed by atoms with E-state index >= 15 is 0 Å². The number of rotatable bonds is 2. The molecular formula is C16H20N2O3. The Morgan fingerprint density at radius 1 is 1.29 bits per heavy atom. The quantitative estimate of drug-likeness (QED) is 0.899. The van der Waals surface area contributed by atoms with E-state index < -0.39 is 5.54 Å². The average molecular weight is 288 g/mol. The van der Waals surface area contributed by atoms with Crippen molar-refractivity contribution in [3.63, 3.8) is 0 Å². The van der Waals surface area contributed by atoms with Crippen molar-refractivity contribution >= 4 is 11.8 Å². The van der Waals surface area contributed by atoms with Crippen LogP contribution < -0.4 is 10.1 Å². The van der Waals surface area contributed by atoms with Gasteiger partial charge in [-0.2, -0.15) is 0 Å². The Kier molecular flexibility index (Phi) is 3.57. The predicted octanol–water partition coefficient (Wildman–Crippen LogP) is 1.58. The molecule has 2 aliphatic heterocycles. The summed E-state index contributed by atoms with van der Waals surface area (Å²) < 4.78 is 5.28. The molecule has 2 saturated heterocycles. The maximum absolute atomic E-state index is 12.9. The Morgan fingerprint density at radius 2 is 2.05 bits per heavy atom. The highest BCUT2D eigenvalue weighted by molar-refractivity contribution is 6.01. The normalized spacial score (nSPS) is 25.0. The Hall–Kier alpha value is -2.04. The molecule has 1 spiro atoms. The number of carbonyl (C=O) groups excluding carboxylic acids is 2. The number of nitrogens with one attached hydrogen (secondary N) is 1.